The molecule has 1 fully saturated rings. The van der Waals surface area contributed by atoms with Gasteiger partial charge < -0.3 is 0 Å². The van der Waals surface area contributed by atoms with E-state index in [1.54, 1.807) is 0 Å². The van der Waals surface area contributed by atoms with Crippen LogP contribution in [-0.4, -0.2) is 6.04 Å². The van der Waals surface area contributed by atoms with Crippen LogP contribution >= 0.6 is 23.2 Å². The molecule has 1 aliphatic carbocycles. The van der Waals surface area contributed by atoms with E-state index < -0.39 is 0 Å². The first kappa shape index (κ1) is 17.1. The monoisotopic (exact) mass is 328 g/mol. The molecule has 0 heterocycles. The van der Waals surface area contributed by atoms with Gasteiger partial charge in [-0.1, -0.05) is 43.1 Å². The topological polar surface area (TPSA) is 38.0 Å². The van der Waals surface area contributed by atoms with E-state index in [1.807, 2.05) is 18.2 Å². The molecule has 1 aromatic rings. The fourth-order valence-corrected chi connectivity index (χ4v) is 3.82. The summed E-state index contributed by atoms with van der Waals surface area (Å²) >= 11 is 12.1. The quantitative estimate of drug-likeness (QED) is 0.600. The maximum atomic E-state index is 6.10. The van der Waals surface area contributed by atoms with Crippen molar-refractivity contribution in [3.63, 3.8) is 0 Å². The van der Waals surface area contributed by atoms with Gasteiger partial charge in [-0.3, -0.25) is 11.3 Å². The van der Waals surface area contributed by atoms with E-state index in [4.69, 9.17) is 29.0 Å². The maximum absolute atomic E-state index is 6.10. The Hall–Kier alpha value is -0.280. The van der Waals surface area contributed by atoms with E-state index >= 15 is 0 Å². The van der Waals surface area contributed by atoms with E-state index in [9.17, 15) is 0 Å². The summed E-state index contributed by atoms with van der Waals surface area (Å²) in [4.78, 5) is 0. The average Bonchev–Trinajstić information content (AvgIpc) is 2.48. The smallest absolute Gasteiger partial charge is 0.0595 e. The average molecular weight is 329 g/mol. The van der Waals surface area contributed by atoms with Crippen molar-refractivity contribution >= 4 is 23.2 Å². The Labute approximate surface area is 138 Å². The van der Waals surface area contributed by atoms with E-state index in [-0.39, 0.29) is 0 Å². The van der Waals surface area contributed by atoms with Crippen LogP contribution in [0.1, 0.15) is 45.1 Å². The minimum absolute atomic E-state index is 0.315. The van der Waals surface area contributed by atoms with Crippen molar-refractivity contribution in [2.75, 3.05) is 0 Å². The van der Waals surface area contributed by atoms with Gasteiger partial charge in [-0.15, -0.1) is 0 Å². The third-order valence-corrected chi connectivity index (χ3v) is 5.72. The molecule has 4 heteroatoms. The van der Waals surface area contributed by atoms with Gasteiger partial charge in [0.25, 0.3) is 0 Å². The molecule has 2 rings (SSSR count). The number of hydrazine groups is 1. The highest BCUT2D eigenvalue weighted by Crippen LogP contribution is 2.35. The van der Waals surface area contributed by atoms with Crippen molar-refractivity contribution in [2.24, 2.45) is 23.6 Å². The van der Waals surface area contributed by atoms with Crippen LogP contribution in [0.4, 0.5) is 0 Å². The Morgan fingerprint density at radius 2 is 1.71 bits per heavy atom. The second-order valence-corrected chi connectivity index (χ2v) is 7.46. The van der Waals surface area contributed by atoms with Crippen LogP contribution in [0.15, 0.2) is 18.2 Å². The number of nitrogens with two attached hydrogens (primary N) is 1. The molecule has 1 aliphatic rings. The zero-order chi connectivity index (χ0) is 15.4. The molecule has 1 atom stereocenters. The second kappa shape index (κ2) is 7.82. The van der Waals surface area contributed by atoms with Gasteiger partial charge in [0.2, 0.25) is 0 Å². The fourth-order valence-electron chi connectivity index (χ4n) is 3.50. The van der Waals surface area contributed by atoms with E-state index in [2.05, 4.69) is 19.3 Å². The molecule has 21 heavy (non-hydrogen) atoms. The Balaban J connectivity index is 1.95. The normalized spacial score (nSPS) is 24.3. The number of rotatable bonds is 5. The SMILES string of the molecule is CC(C)C1CCC(C(Cc2ccc(Cl)c(Cl)c2)NN)CC1. The van der Waals surface area contributed by atoms with Gasteiger partial charge in [-0.2, -0.15) is 0 Å². The third kappa shape index (κ3) is 4.59. The van der Waals surface area contributed by atoms with Gasteiger partial charge in [0.1, 0.15) is 0 Å². The first-order chi connectivity index (χ1) is 10.0. The zero-order valence-corrected chi connectivity index (χ0v) is 14.4. The first-order valence-corrected chi connectivity index (χ1v) is 8.67. The summed E-state index contributed by atoms with van der Waals surface area (Å²) in [6.45, 7) is 4.67. The lowest BCUT2D eigenvalue weighted by Crippen LogP contribution is -2.44. The first-order valence-electron chi connectivity index (χ1n) is 7.91. The van der Waals surface area contributed by atoms with Gasteiger partial charge in [0.15, 0.2) is 0 Å². The molecule has 118 valence electrons. The minimum Gasteiger partial charge on any atom is -0.271 e. The molecular formula is C17H26Cl2N2. The van der Waals surface area contributed by atoms with Crippen molar-refractivity contribution in [1.82, 2.24) is 5.43 Å². The predicted molar refractivity (Wildman–Crippen MR) is 91.6 cm³/mol. The van der Waals surface area contributed by atoms with Gasteiger partial charge in [-0.05, 0) is 67.6 Å². The highest BCUT2D eigenvalue weighted by atomic mass is 35.5. The van der Waals surface area contributed by atoms with Crippen molar-refractivity contribution in [2.45, 2.75) is 52.0 Å². The molecular weight excluding hydrogens is 303 g/mol. The van der Waals surface area contributed by atoms with Crippen LogP contribution in [-0.2, 0) is 6.42 Å². The maximum Gasteiger partial charge on any atom is 0.0595 e. The van der Waals surface area contributed by atoms with Gasteiger partial charge in [0.05, 0.1) is 10.0 Å². The lowest BCUT2D eigenvalue weighted by Gasteiger charge is -2.35. The summed E-state index contributed by atoms with van der Waals surface area (Å²) < 4.78 is 0. The minimum atomic E-state index is 0.315. The van der Waals surface area contributed by atoms with Crippen LogP contribution < -0.4 is 11.3 Å². The molecule has 0 spiro atoms. The molecule has 2 nitrogen and oxygen atoms in total. The molecule has 0 aliphatic heterocycles. The van der Waals surface area contributed by atoms with Crippen LogP contribution in [0.25, 0.3) is 0 Å². The molecule has 0 aromatic heterocycles. The second-order valence-electron chi connectivity index (χ2n) is 6.64. The van der Waals surface area contributed by atoms with E-state index in [0.717, 1.165) is 18.3 Å². The van der Waals surface area contributed by atoms with Gasteiger partial charge >= 0.3 is 0 Å². The Morgan fingerprint density at radius 1 is 1.10 bits per heavy atom. The van der Waals surface area contributed by atoms with Crippen LogP contribution in [0.5, 0.6) is 0 Å². The summed E-state index contributed by atoms with van der Waals surface area (Å²) in [7, 11) is 0. The number of nitrogens with one attached hydrogen (secondary N) is 1. The third-order valence-electron chi connectivity index (χ3n) is 4.98. The van der Waals surface area contributed by atoms with E-state index in [0.29, 0.717) is 22.0 Å². The van der Waals surface area contributed by atoms with Gasteiger partial charge in [-0.25, -0.2) is 0 Å². The number of hydrogen-bond donors (Lipinski definition) is 2. The molecule has 1 aromatic carbocycles. The lowest BCUT2D eigenvalue weighted by molar-refractivity contribution is 0.188. The highest BCUT2D eigenvalue weighted by molar-refractivity contribution is 6.42. The molecule has 1 unspecified atom stereocenters. The van der Waals surface area contributed by atoms with Crippen molar-refractivity contribution < 1.29 is 0 Å². The van der Waals surface area contributed by atoms with Crippen LogP contribution in [0.3, 0.4) is 0 Å². The summed E-state index contributed by atoms with van der Waals surface area (Å²) in [6.07, 6.45) is 6.08. The summed E-state index contributed by atoms with van der Waals surface area (Å²) in [5.41, 5.74) is 4.22. The van der Waals surface area contributed by atoms with Crippen LogP contribution in [0.2, 0.25) is 10.0 Å². The lowest BCUT2D eigenvalue weighted by atomic mass is 9.74. The molecule has 1 saturated carbocycles. The number of hydrogen-bond acceptors (Lipinski definition) is 2. The van der Waals surface area contributed by atoms with Crippen molar-refractivity contribution in [3.05, 3.63) is 33.8 Å². The fraction of sp³-hybridized carbons (Fsp3) is 0.647. The van der Waals surface area contributed by atoms with Crippen molar-refractivity contribution in [1.29, 1.82) is 0 Å². The van der Waals surface area contributed by atoms with Gasteiger partial charge in [0, 0.05) is 6.04 Å². The molecule has 0 saturated heterocycles. The standard InChI is InChI=1S/C17H26Cl2N2/c1-11(2)13-4-6-14(7-5-13)17(21-20)10-12-3-8-15(18)16(19)9-12/h3,8-9,11,13-14,17,21H,4-7,10,20H2,1-2H3. The Morgan fingerprint density at radius 3 is 2.24 bits per heavy atom. The molecule has 0 amide bonds. The number of halogens is 2. The summed E-state index contributed by atoms with van der Waals surface area (Å²) in [5.74, 6) is 8.13. The Bertz CT molecular complexity index is 454. The predicted octanol–water partition coefficient (Wildman–Crippen LogP) is 4.83. The molecule has 0 bridgehead atoms. The highest BCUT2D eigenvalue weighted by Gasteiger charge is 2.28. The molecule has 0 radical (unpaired) electrons. The van der Waals surface area contributed by atoms with E-state index in [1.165, 1.54) is 31.2 Å². The zero-order valence-electron chi connectivity index (χ0n) is 12.9. The number of benzene rings is 1. The summed E-state index contributed by atoms with van der Waals surface area (Å²) in [5, 5.41) is 1.23. The largest absolute Gasteiger partial charge is 0.271 e. The summed E-state index contributed by atoms with van der Waals surface area (Å²) in [6, 6.07) is 6.17. The van der Waals surface area contributed by atoms with Crippen molar-refractivity contribution in [3.8, 4) is 0 Å². The molecule has 3 N–H and O–H groups in total. The Kier molecular flexibility index (Phi) is 6.36. The van der Waals surface area contributed by atoms with Crippen LogP contribution in [0, 0.1) is 17.8 Å².